The number of carbonyl (C=O) groups is 1. The number of carbonyl (C=O) groups excluding carboxylic acids is 1. The van der Waals surface area contributed by atoms with Crippen molar-refractivity contribution in [2.75, 3.05) is 6.54 Å². The van der Waals surface area contributed by atoms with E-state index in [0.717, 1.165) is 30.2 Å². The zero-order chi connectivity index (χ0) is 21.6. The molecule has 0 aromatic heterocycles. The Labute approximate surface area is 179 Å². The van der Waals surface area contributed by atoms with Gasteiger partial charge in [-0.15, -0.1) is 0 Å². The van der Waals surface area contributed by atoms with Crippen LogP contribution in [0.2, 0.25) is 0 Å². The summed E-state index contributed by atoms with van der Waals surface area (Å²) in [6.45, 7) is 4.19. The standard InChI is InChI=1S/C24H30N2O3S/c1-19(2)22(26-30(28,29)17-14-20-10-5-3-6-11-20)23(27)25-18-24(15-9-16-24)21-12-7-4-8-13-21/h3-8,10-14,17,19,22,26H,9,15-16,18H2,1-2H3,(H,25,27)/b17-14+/t22-/m0/s1. The normalized spacial score (nSPS) is 16.9. The average molecular weight is 427 g/mol. The Hall–Kier alpha value is -2.44. The van der Waals surface area contributed by atoms with Crippen molar-refractivity contribution >= 4 is 22.0 Å². The Kier molecular flexibility index (Phi) is 7.10. The lowest BCUT2D eigenvalue weighted by Gasteiger charge is -2.43. The molecular formula is C24H30N2O3S. The molecule has 0 heterocycles. The van der Waals surface area contributed by atoms with Crippen LogP contribution in [0, 0.1) is 5.92 Å². The van der Waals surface area contributed by atoms with Gasteiger partial charge in [-0.25, -0.2) is 8.42 Å². The smallest absolute Gasteiger partial charge is 0.238 e. The highest BCUT2D eigenvalue weighted by molar-refractivity contribution is 7.92. The van der Waals surface area contributed by atoms with Crippen LogP contribution in [0.25, 0.3) is 6.08 Å². The minimum atomic E-state index is -3.76. The van der Waals surface area contributed by atoms with Crippen molar-refractivity contribution in [2.24, 2.45) is 5.92 Å². The maximum Gasteiger partial charge on any atom is 0.238 e. The molecule has 160 valence electrons. The maximum atomic E-state index is 12.9. The van der Waals surface area contributed by atoms with Gasteiger partial charge in [0.25, 0.3) is 0 Å². The van der Waals surface area contributed by atoms with Gasteiger partial charge in [-0.05, 0) is 36.0 Å². The second kappa shape index (κ2) is 9.58. The topological polar surface area (TPSA) is 75.3 Å². The quantitative estimate of drug-likeness (QED) is 0.640. The van der Waals surface area contributed by atoms with Gasteiger partial charge < -0.3 is 5.32 Å². The van der Waals surface area contributed by atoms with Gasteiger partial charge in [0.1, 0.15) is 6.04 Å². The summed E-state index contributed by atoms with van der Waals surface area (Å²) in [5.41, 5.74) is 1.96. The van der Waals surface area contributed by atoms with Crippen LogP contribution in [0.4, 0.5) is 0 Å². The molecule has 30 heavy (non-hydrogen) atoms. The summed E-state index contributed by atoms with van der Waals surface area (Å²) in [7, 11) is -3.76. The van der Waals surface area contributed by atoms with E-state index in [2.05, 4.69) is 22.2 Å². The van der Waals surface area contributed by atoms with Gasteiger partial charge in [0.15, 0.2) is 0 Å². The van der Waals surface area contributed by atoms with Gasteiger partial charge in [0, 0.05) is 17.4 Å². The Bertz CT molecular complexity index is 966. The van der Waals surface area contributed by atoms with Gasteiger partial charge >= 0.3 is 0 Å². The second-order valence-electron chi connectivity index (χ2n) is 8.32. The number of amides is 1. The largest absolute Gasteiger partial charge is 0.354 e. The number of nitrogens with one attached hydrogen (secondary N) is 2. The van der Waals surface area contributed by atoms with Crippen molar-refractivity contribution in [1.29, 1.82) is 0 Å². The van der Waals surface area contributed by atoms with E-state index in [1.54, 1.807) is 0 Å². The molecule has 0 aliphatic heterocycles. The minimum Gasteiger partial charge on any atom is -0.354 e. The lowest BCUT2D eigenvalue weighted by molar-refractivity contribution is -0.124. The van der Waals surface area contributed by atoms with E-state index in [1.807, 2.05) is 62.4 Å². The molecule has 1 saturated carbocycles. The number of benzene rings is 2. The van der Waals surface area contributed by atoms with Gasteiger partial charge in [0.05, 0.1) is 0 Å². The Morgan fingerprint density at radius 1 is 1.03 bits per heavy atom. The highest BCUT2D eigenvalue weighted by Gasteiger charge is 2.39. The predicted octanol–water partition coefficient (Wildman–Crippen LogP) is 3.84. The fourth-order valence-corrected chi connectivity index (χ4v) is 4.92. The van der Waals surface area contributed by atoms with Crippen LogP contribution in [-0.4, -0.2) is 26.9 Å². The molecule has 1 amide bonds. The van der Waals surface area contributed by atoms with Crippen LogP contribution in [0.3, 0.4) is 0 Å². The molecule has 0 saturated heterocycles. The Morgan fingerprint density at radius 2 is 1.63 bits per heavy atom. The van der Waals surface area contributed by atoms with Crippen molar-refractivity contribution in [2.45, 2.75) is 44.6 Å². The molecular weight excluding hydrogens is 396 g/mol. The van der Waals surface area contributed by atoms with E-state index in [1.165, 1.54) is 11.6 Å². The monoisotopic (exact) mass is 426 g/mol. The van der Waals surface area contributed by atoms with Crippen LogP contribution < -0.4 is 10.0 Å². The fraction of sp³-hybridized carbons (Fsp3) is 0.375. The first-order chi connectivity index (χ1) is 14.3. The molecule has 2 aromatic carbocycles. The van der Waals surface area contributed by atoms with Gasteiger partial charge in [-0.3, -0.25) is 4.79 Å². The third kappa shape index (κ3) is 5.58. The molecule has 0 radical (unpaired) electrons. The molecule has 0 unspecified atom stereocenters. The summed E-state index contributed by atoms with van der Waals surface area (Å²) < 4.78 is 27.6. The highest BCUT2D eigenvalue weighted by atomic mass is 32.2. The zero-order valence-electron chi connectivity index (χ0n) is 17.5. The molecule has 1 fully saturated rings. The van der Waals surface area contributed by atoms with Crippen LogP contribution in [-0.2, 0) is 20.2 Å². The molecule has 1 aliphatic rings. The van der Waals surface area contributed by atoms with Crippen molar-refractivity contribution in [3.8, 4) is 0 Å². The lowest BCUT2D eigenvalue weighted by atomic mass is 9.64. The van der Waals surface area contributed by atoms with Crippen molar-refractivity contribution in [1.82, 2.24) is 10.0 Å². The maximum absolute atomic E-state index is 12.9. The van der Waals surface area contributed by atoms with Crippen molar-refractivity contribution in [3.63, 3.8) is 0 Å². The van der Waals surface area contributed by atoms with E-state index in [0.29, 0.717) is 6.54 Å². The predicted molar refractivity (Wildman–Crippen MR) is 121 cm³/mol. The van der Waals surface area contributed by atoms with E-state index in [4.69, 9.17) is 0 Å². The molecule has 0 bridgehead atoms. The first kappa shape index (κ1) is 22.2. The van der Waals surface area contributed by atoms with Crippen LogP contribution >= 0.6 is 0 Å². The van der Waals surface area contributed by atoms with Gasteiger partial charge in [0.2, 0.25) is 15.9 Å². The van der Waals surface area contributed by atoms with Gasteiger partial charge in [-0.1, -0.05) is 80.9 Å². The molecule has 2 N–H and O–H groups in total. The molecule has 3 rings (SSSR count). The van der Waals surface area contributed by atoms with Crippen LogP contribution in [0.15, 0.2) is 66.1 Å². The summed E-state index contributed by atoms with van der Waals surface area (Å²) in [5, 5.41) is 4.13. The summed E-state index contributed by atoms with van der Waals surface area (Å²) in [6.07, 6.45) is 4.70. The van der Waals surface area contributed by atoms with Crippen LogP contribution in [0.1, 0.15) is 44.2 Å². The van der Waals surface area contributed by atoms with E-state index in [9.17, 15) is 13.2 Å². The van der Waals surface area contributed by atoms with Gasteiger partial charge in [-0.2, -0.15) is 4.72 Å². The third-order valence-electron chi connectivity index (χ3n) is 5.78. The summed E-state index contributed by atoms with van der Waals surface area (Å²) >= 11 is 0. The molecule has 2 aromatic rings. The van der Waals surface area contributed by atoms with Crippen molar-refractivity contribution < 1.29 is 13.2 Å². The number of hydrogen-bond acceptors (Lipinski definition) is 3. The summed E-state index contributed by atoms with van der Waals surface area (Å²) in [4.78, 5) is 12.9. The molecule has 0 spiro atoms. The molecule has 6 heteroatoms. The molecule has 1 atom stereocenters. The van der Waals surface area contributed by atoms with Crippen molar-refractivity contribution in [3.05, 3.63) is 77.2 Å². The van der Waals surface area contributed by atoms with E-state index >= 15 is 0 Å². The number of hydrogen-bond donors (Lipinski definition) is 2. The molecule has 1 aliphatic carbocycles. The second-order valence-corrected chi connectivity index (χ2v) is 9.91. The zero-order valence-corrected chi connectivity index (χ0v) is 18.4. The third-order valence-corrected chi connectivity index (χ3v) is 6.85. The van der Waals surface area contributed by atoms with Crippen LogP contribution in [0.5, 0.6) is 0 Å². The Morgan fingerprint density at radius 3 is 2.17 bits per heavy atom. The fourth-order valence-electron chi connectivity index (χ4n) is 3.77. The summed E-state index contributed by atoms with van der Waals surface area (Å²) in [5.74, 6) is -0.470. The Balaban J connectivity index is 1.65. The number of sulfonamides is 1. The molecule has 5 nitrogen and oxygen atoms in total. The van der Waals surface area contributed by atoms with E-state index in [-0.39, 0.29) is 17.2 Å². The first-order valence-electron chi connectivity index (χ1n) is 10.4. The summed E-state index contributed by atoms with van der Waals surface area (Å²) in [6, 6.07) is 18.6. The SMILES string of the molecule is CC(C)[C@H](NS(=O)(=O)/C=C/c1ccccc1)C(=O)NCC1(c2ccccc2)CCC1. The highest BCUT2D eigenvalue weighted by Crippen LogP contribution is 2.43. The minimum absolute atomic E-state index is 0.0511. The first-order valence-corrected chi connectivity index (χ1v) is 11.9. The van der Waals surface area contributed by atoms with E-state index < -0.39 is 16.1 Å². The number of rotatable bonds is 9. The average Bonchev–Trinajstić information content (AvgIpc) is 2.71. The lowest BCUT2D eigenvalue weighted by Crippen LogP contribution is -2.53.